The fourth-order valence-corrected chi connectivity index (χ4v) is 2.17. The predicted molar refractivity (Wildman–Crippen MR) is 73.7 cm³/mol. The smallest absolute Gasteiger partial charge is 0.289 e. The van der Waals surface area contributed by atoms with Crippen LogP contribution in [0.3, 0.4) is 0 Å². The lowest BCUT2D eigenvalue weighted by Crippen LogP contribution is -2.10. The molecular formula is C15H9BrF4O. The van der Waals surface area contributed by atoms with Gasteiger partial charge in [-0.05, 0) is 30.7 Å². The minimum absolute atomic E-state index is 0.128. The van der Waals surface area contributed by atoms with Crippen LogP contribution in [0.15, 0.2) is 40.9 Å². The molecule has 0 bridgehead atoms. The monoisotopic (exact) mass is 360 g/mol. The van der Waals surface area contributed by atoms with Gasteiger partial charge in [-0.2, -0.15) is 13.2 Å². The lowest BCUT2D eigenvalue weighted by Gasteiger charge is -2.09. The van der Waals surface area contributed by atoms with Gasteiger partial charge in [0.1, 0.15) is 5.82 Å². The molecule has 110 valence electrons. The highest BCUT2D eigenvalue weighted by atomic mass is 79.9. The molecule has 0 fully saturated rings. The first-order chi connectivity index (χ1) is 9.70. The topological polar surface area (TPSA) is 17.1 Å². The van der Waals surface area contributed by atoms with E-state index in [0.29, 0.717) is 16.6 Å². The van der Waals surface area contributed by atoms with Crippen molar-refractivity contribution in [3.05, 3.63) is 68.9 Å². The first-order valence-electron chi connectivity index (χ1n) is 5.88. The Morgan fingerprint density at radius 3 is 2.14 bits per heavy atom. The fourth-order valence-electron chi connectivity index (χ4n) is 1.79. The summed E-state index contributed by atoms with van der Waals surface area (Å²) in [5.41, 5.74) is -0.336. The van der Waals surface area contributed by atoms with Gasteiger partial charge < -0.3 is 0 Å². The lowest BCUT2D eigenvalue weighted by molar-refractivity contribution is -0.140. The van der Waals surface area contributed by atoms with Crippen LogP contribution < -0.4 is 0 Å². The first kappa shape index (κ1) is 15.7. The number of halogens is 5. The maximum atomic E-state index is 13.5. The minimum atomic E-state index is -4.78. The third kappa shape index (κ3) is 3.32. The Morgan fingerprint density at radius 2 is 1.62 bits per heavy atom. The van der Waals surface area contributed by atoms with Crippen molar-refractivity contribution in [1.29, 1.82) is 0 Å². The van der Waals surface area contributed by atoms with Crippen LogP contribution >= 0.6 is 15.9 Å². The first-order valence-corrected chi connectivity index (χ1v) is 6.67. The van der Waals surface area contributed by atoms with Crippen LogP contribution in [0.4, 0.5) is 17.6 Å². The molecule has 6 heteroatoms. The molecule has 0 aliphatic carbocycles. The number of hydrogen-bond acceptors (Lipinski definition) is 1. The number of benzene rings is 2. The Hall–Kier alpha value is -1.69. The van der Waals surface area contributed by atoms with E-state index >= 15 is 0 Å². The van der Waals surface area contributed by atoms with Crippen molar-refractivity contribution in [2.45, 2.75) is 13.1 Å². The summed E-state index contributed by atoms with van der Waals surface area (Å²) >= 11 is 3.26. The molecule has 0 amide bonds. The SMILES string of the molecule is Cc1ccc(C(=O)c2ccc(C(F)(F)F)c(F)c2)cc1Br. The van der Waals surface area contributed by atoms with Gasteiger partial charge >= 0.3 is 6.18 Å². The molecule has 2 aromatic carbocycles. The van der Waals surface area contributed by atoms with Crippen LogP contribution in [-0.4, -0.2) is 5.78 Å². The molecule has 0 saturated carbocycles. The van der Waals surface area contributed by atoms with Crippen molar-refractivity contribution in [1.82, 2.24) is 0 Å². The normalized spacial score (nSPS) is 11.5. The number of alkyl halides is 3. The van der Waals surface area contributed by atoms with Crippen LogP contribution in [-0.2, 0) is 6.18 Å². The van der Waals surface area contributed by atoms with Gasteiger partial charge in [0.15, 0.2) is 5.78 Å². The summed E-state index contributed by atoms with van der Waals surface area (Å²) in [5, 5.41) is 0. The lowest BCUT2D eigenvalue weighted by atomic mass is 10.0. The predicted octanol–water partition coefficient (Wildman–Crippen LogP) is 5.15. The maximum Gasteiger partial charge on any atom is 0.419 e. The van der Waals surface area contributed by atoms with Crippen molar-refractivity contribution < 1.29 is 22.4 Å². The Labute approximate surface area is 126 Å². The van der Waals surface area contributed by atoms with Crippen LogP contribution in [0.1, 0.15) is 27.0 Å². The molecular weight excluding hydrogens is 352 g/mol. The van der Waals surface area contributed by atoms with E-state index in [4.69, 9.17) is 0 Å². The van der Waals surface area contributed by atoms with Crippen molar-refractivity contribution >= 4 is 21.7 Å². The molecule has 21 heavy (non-hydrogen) atoms. The second kappa shape index (κ2) is 5.60. The summed E-state index contributed by atoms with van der Waals surface area (Å²) in [6.45, 7) is 1.83. The molecule has 0 aromatic heterocycles. The molecule has 0 spiro atoms. The van der Waals surface area contributed by atoms with Crippen LogP contribution in [0, 0.1) is 12.7 Å². The average molecular weight is 361 g/mol. The number of carbonyl (C=O) groups excluding carboxylic acids is 1. The van der Waals surface area contributed by atoms with Crippen molar-refractivity contribution in [3.63, 3.8) is 0 Å². The summed E-state index contributed by atoms with van der Waals surface area (Å²) in [6, 6.07) is 6.94. The maximum absolute atomic E-state index is 13.5. The zero-order chi connectivity index (χ0) is 15.8. The molecule has 0 N–H and O–H groups in total. The zero-order valence-electron chi connectivity index (χ0n) is 10.8. The molecule has 1 nitrogen and oxygen atoms in total. The van der Waals surface area contributed by atoms with Gasteiger partial charge in [-0.3, -0.25) is 4.79 Å². The fraction of sp³-hybridized carbons (Fsp3) is 0.133. The van der Waals surface area contributed by atoms with E-state index in [2.05, 4.69) is 15.9 Å². The standard InChI is InChI=1S/C15H9BrF4O/c1-8-2-3-9(6-12(8)16)14(21)10-4-5-11(13(17)7-10)15(18,19)20/h2-7H,1H3. The van der Waals surface area contributed by atoms with E-state index in [-0.39, 0.29) is 11.1 Å². The van der Waals surface area contributed by atoms with Crippen LogP contribution in [0.5, 0.6) is 0 Å². The van der Waals surface area contributed by atoms with Gasteiger partial charge in [0.05, 0.1) is 5.56 Å². The molecule has 0 radical (unpaired) electrons. The average Bonchev–Trinajstić information content (AvgIpc) is 2.39. The Balaban J connectivity index is 2.40. The summed E-state index contributed by atoms with van der Waals surface area (Å²) in [4.78, 5) is 12.2. The third-order valence-corrected chi connectivity index (χ3v) is 3.83. The summed E-state index contributed by atoms with van der Waals surface area (Å²) in [7, 11) is 0. The quantitative estimate of drug-likeness (QED) is 0.534. The second-order valence-corrected chi connectivity index (χ2v) is 5.34. The molecule has 2 rings (SSSR count). The minimum Gasteiger partial charge on any atom is -0.289 e. The summed E-state index contributed by atoms with van der Waals surface area (Å²) in [5.74, 6) is -2.00. The number of carbonyl (C=O) groups is 1. The van der Waals surface area contributed by atoms with Crippen molar-refractivity contribution in [2.24, 2.45) is 0 Å². The van der Waals surface area contributed by atoms with Gasteiger partial charge in [0.2, 0.25) is 0 Å². The Morgan fingerprint density at radius 1 is 1.05 bits per heavy atom. The van der Waals surface area contributed by atoms with E-state index in [1.807, 2.05) is 6.92 Å². The van der Waals surface area contributed by atoms with Gasteiger partial charge in [0, 0.05) is 15.6 Å². The highest BCUT2D eigenvalue weighted by Crippen LogP contribution is 2.32. The van der Waals surface area contributed by atoms with E-state index in [1.165, 1.54) is 6.07 Å². The van der Waals surface area contributed by atoms with Crippen LogP contribution in [0.2, 0.25) is 0 Å². The third-order valence-electron chi connectivity index (χ3n) is 2.97. The Bertz CT molecular complexity index is 707. The molecule has 0 aliphatic heterocycles. The molecule has 0 heterocycles. The number of aryl methyl sites for hydroxylation is 1. The van der Waals surface area contributed by atoms with Gasteiger partial charge in [-0.25, -0.2) is 4.39 Å². The molecule has 2 aromatic rings. The molecule has 0 atom stereocenters. The molecule has 0 aliphatic rings. The Kier molecular flexibility index (Phi) is 4.18. The highest BCUT2D eigenvalue weighted by Gasteiger charge is 2.34. The van der Waals surface area contributed by atoms with E-state index in [0.717, 1.165) is 11.6 Å². The highest BCUT2D eigenvalue weighted by molar-refractivity contribution is 9.10. The van der Waals surface area contributed by atoms with Crippen molar-refractivity contribution in [2.75, 3.05) is 0 Å². The largest absolute Gasteiger partial charge is 0.419 e. The number of rotatable bonds is 2. The molecule has 0 saturated heterocycles. The van der Waals surface area contributed by atoms with Crippen LogP contribution in [0.25, 0.3) is 0 Å². The summed E-state index contributed by atoms with van der Waals surface area (Å²) < 4.78 is 51.6. The molecule has 0 unspecified atom stereocenters. The summed E-state index contributed by atoms with van der Waals surface area (Å²) in [6.07, 6.45) is -4.78. The number of ketones is 1. The van der Waals surface area contributed by atoms with Gasteiger partial charge in [-0.1, -0.05) is 34.1 Å². The van der Waals surface area contributed by atoms with Crippen molar-refractivity contribution in [3.8, 4) is 0 Å². The van der Waals surface area contributed by atoms with E-state index < -0.39 is 23.3 Å². The zero-order valence-corrected chi connectivity index (χ0v) is 12.3. The van der Waals surface area contributed by atoms with E-state index in [9.17, 15) is 22.4 Å². The van der Waals surface area contributed by atoms with Gasteiger partial charge in [0.25, 0.3) is 0 Å². The van der Waals surface area contributed by atoms with Gasteiger partial charge in [-0.15, -0.1) is 0 Å². The number of hydrogen-bond donors (Lipinski definition) is 0. The van der Waals surface area contributed by atoms with E-state index in [1.54, 1.807) is 12.1 Å². The second-order valence-electron chi connectivity index (χ2n) is 4.49.